The summed E-state index contributed by atoms with van der Waals surface area (Å²) in [4.78, 5) is 37.3. The van der Waals surface area contributed by atoms with Gasteiger partial charge in [0.1, 0.15) is 0 Å². The molecule has 1 N–H and O–H groups in total. The van der Waals surface area contributed by atoms with Crippen molar-refractivity contribution >= 4 is 17.9 Å². The number of guanidine groups is 1. The Bertz CT molecular complexity index is 865. The first kappa shape index (κ1) is 17.5. The van der Waals surface area contributed by atoms with E-state index in [0.717, 1.165) is 16.8 Å². The summed E-state index contributed by atoms with van der Waals surface area (Å²) in [6, 6.07) is 6.82. The van der Waals surface area contributed by atoms with Gasteiger partial charge < -0.3 is 19.8 Å². The number of nitrogens with zero attached hydrogens (tertiary/aromatic N) is 5. The summed E-state index contributed by atoms with van der Waals surface area (Å²) >= 11 is 0. The van der Waals surface area contributed by atoms with E-state index in [4.69, 9.17) is 0 Å². The number of carbonyl (C=O) groups is 2. The third-order valence-electron chi connectivity index (χ3n) is 5.42. The summed E-state index contributed by atoms with van der Waals surface area (Å²) in [6.45, 7) is 4.51. The Morgan fingerprint density at radius 2 is 1.89 bits per heavy atom. The number of allylic oxidation sites excluding steroid dienone is 1. The quantitative estimate of drug-likeness (QED) is 0.854. The second-order valence-electron chi connectivity index (χ2n) is 7.08. The van der Waals surface area contributed by atoms with E-state index < -0.39 is 12.2 Å². The Balaban J connectivity index is 1.65. The molecule has 4 rings (SSSR count). The molecule has 1 aromatic carbocycles. The van der Waals surface area contributed by atoms with Gasteiger partial charge in [-0.15, -0.1) is 0 Å². The number of imide groups is 1. The molecule has 3 aliphatic rings. The van der Waals surface area contributed by atoms with Crippen molar-refractivity contribution < 1.29 is 14.7 Å². The lowest BCUT2D eigenvalue weighted by molar-refractivity contribution is -0.137. The predicted molar refractivity (Wildman–Crippen MR) is 99.3 cm³/mol. The maximum Gasteiger partial charge on any atom is 0.328 e. The average molecular weight is 369 g/mol. The SMILES string of the molecule is CC1=CN2C(=NC3C2C(=O)N(Cc2ccccc2C)C(=O)N3C)N1CCO. The van der Waals surface area contributed by atoms with Gasteiger partial charge in [0.05, 0.1) is 13.2 Å². The molecule has 8 nitrogen and oxygen atoms in total. The van der Waals surface area contributed by atoms with Gasteiger partial charge in [0.25, 0.3) is 5.91 Å². The number of aliphatic imine (C=N–C) groups is 1. The van der Waals surface area contributed by atoms with Gasteiger partial charge in [0.2, 0.25) is 5.96 Å². The fourth-order valence-electron chi connectivity index (χ4n) is 3.88. The van der Waals surface area contributed by atoms with E-state index in [0.29, 0.717) is 12.5 Å². The Labute approximate surface area is 158 Å². The number of hydrogen-bond donors (Lipinski definition) is 1. The fourth-order valence-corrected chi connectivity index (χ4v) is 3.88. The average Bonchev–Trinajstić information content (AvgIpc) is 3.15. The Morgan fingerprint density at radius 3 is 2.59 bits per heavy atom. The van der Waals surface area contributed by atoms with Crippen molar-refractivity contribution in [3.8, 4) is 0 Å². The Hall–Kier alpha value is -2.87. The molecule has 1 saturated heterocycles. The minimum atomic E-state index is -0.578. The molecule has 2 unspecified atom stereocenters. The van der Waals surface area contributed by atoms with Crippen LogP contribution < -0.4 is 0 Å². The molecule has 2 atom stereocenters. The largest absolute Gasteiger partial charge is 0.395 e. The van der Waals surface area contributed by atoms with Crippen LogP contribution in [-0.2, 0) is 11.3 Å². The molecular formula is C19H23N5O3. The second-order valence-corrected chi connectivity index (χ2v) is 7.08. The molecular weight excluding hydrogens is 346 g/mol. The van der Waals surface area contributed by atoms with Crippen LogP contribution >= 0.6 is 0 Å². The van der Waals surface area contributed by atoms with Crippen molar-refractivity contribution in [3.05, 3.63) is 47.3 Å². The van der Waals surface area contributed by atoms with Crippen LogP contribution in [0.5, 0.6) is 0 Å². The van der Waals surface area contributed by atoms with Crippen molar-refractivity contribution in [2.45, 2.75) is 32.6 Å². The van der Waals surface area contributed by atoms with Gasteiger partial charge in [-0.05, 0) is 25.0 Å². The van der Waals surface area contributed by atoms with Crippen LogP contribution in [0.15, 0.2) is 41.2 Å². The maximum absolute atomic E-state index is 13.3. The normalized spacial score (nSPS) is 24.3. The number of benzene rings is 1. The smallest absolute Gasteiger partial charge is 0.328 e. The van der Waals surface area contributed by atoms with Crippen LogP contribution in [0, 0.1) is 6.92 Å². The molecule has 3 amide bonds. The third kappa shape index (κ3) is 2.59. The number of urea groups is 1. The molecule has 3 heterocycles. The predicted octanol–water partition coefficient (Wildman–Crippen LogP) is 0.925. The van der Waals surface area contributed by atoms with Gasteiger partial charge in [-0.2, -0.15) is 0 Å². The van der Waals surface area contributed by atoms with Crippen molar-refractivity contribution in [1.29, 1.82) is 0 Å². The zero-order valence-electron chi connectivity index (χ0n) is 15.7. The van der Waals surface area contributed by atoms with E-state index in [-0.39, 0.29) is 25.1 Å². The van der Waals surface area contributed by atoms with Gasteiger partial charge in [0, 0.05) is 25.5 Å². The molecule has 0 aromatic heterocycles. The number of aliphatic hydroxyl groups excluding tert-OH is 1. The number of amides is 3. The van der Waals surface area contributed by atoms with Gasteiger partial charge in [-0.3, -0.25) is 9.69 Å². The van der Waals surface area contributed by atoms with E-state index in [1.54, 1.807) is 7.05 Å². The van der Waals surface area contributed by atoms with Gasteiger partial charge in [-0.1, -0.05) is 24.3 Å². The topological polar surface area (TPSA) is 79.7 Å². The highest BCUT2D eigenvalue weighted by atomic mass is 16.3. The Kier molecular flexibility index (Phi) is 4.15. The first-order chi connectivity index (χ1) is 12.9. The number of rotatable bonds is 4. The molecule has 3 aliphatic heterocycles. The molecule has 0 spiro atoms. The molecule has 8 heteroatoms. The minimum Gasteiger partial charge on any atom is -0.395 e. The lowest BCUT2D eigenvalue weighted by Crippen LogP contribution is -2.63. The number of fused-ring (bicyclic) bond motifs is 3. The number of aryl methyl sites for hydroxylation is 1. The van der Waals surface area contributed by atoms with E-state index >= 15 is 0 Å². The molecule has 27 heavy (non-hydrogen) atoms. The van der Waals surface area contributed by atoms with Gasteiger partial charge in [0.15, 0.2) is 12.2 Å². The summed E-state index contributed by atoms with van der Waals surface area (Å²) in [5.41, 5.74) is 2.90. The number of carbonyl (C=O) groups excluding carboxylic acids is 2. The minimum absolute atomic E-state index is 0.0184. The molecule has 0 saturated carbocycles. The molecule has 0 aliphatic carbocycles. The molecule has 142 valence electrons. The monoisotopic (exact) mass is 369 g/mol. The highest BCUT2D eigenvalue weighted by molar-refractivity contribution is 6.04. The number of β-amino-alcohol motifs (C(OH)–C–C–N with tert-alkyl or cyclic N) is 1. The van der Waals surface area contributed by atoms with Crippen LogP contribution in [0.1, 0.15) is 18.1 Å². The second kappa shape index (κ2) is 6.38. The van der Waals surface area contributed by atoms with Crippen molar-refractivity contribution in [2.75, 3.05) is 20.2 Å². The summed E-state index contributed by atoms with van der Waals surface area (Å²) in [5, 5.41) is 9.32. The summed E-state index contributed by atoms with van der Waals surface area (Å²) in [5.74, 6) is 0.363. The molecule has 1 aromatic rings. The van der Waals surface area contributed by atoms with Crippen molar-refractivity contribution in [2.24, 2.45) is 4.99 Å². The summed E-state index contributed by atoms with van der Waals surface area (Å²) in [7, 11) is 1.68. The summed E-state index contributed by atoms with van der Waals surface area (Å²) < 4.78 is 0. The molecule has 1 fully saturated rings. The number of hydrogen-bond acceptors (Lipinski definition) is 6. The van der Waals surface area contributed by atoms with Crippen LogP contribution in [0.2, 0.25) is 0 Å². The highest BCUT2D eigenvalue weighted by Gasteiger charge is 2.54. The zero-order chi connectivity index (χ0) is 19.3. The van der Waals surface area contributed by atoms with Gasteiger partial charge >= 0.3 is 6.03 Å². The highest BCUT2D eigenvalue weighted by Crippen LogP contribution is 2.34. The lowest BCUT2D eigenvalue weighted by atomic mass is 10.1. The standard InChI is InChI=1S/C19H23N5O3/c1-12-6-4-5-7-14(12)11-24-17(26)15-16(21(3)19(24)27)20-18-22(8-9-25)13(2)10-23(15)18/h4-7,10,15-16,25H,8-9,11H2,1-3H3. The zero-order valence-corrected chi connectivity index (χ0v) is 15.7. The van der Waals surface area contributed by atoms with E-state index in [2.05, 4.69) is 4.99 Å². The lowest BCUT2D eigenvalue weighted by Gasteiger charge is -2.40. The maximum atomic E-state index is 13.3. The van der Waals surface area contributed by atoms with Crippen LogP contribution in [-0.4, -0.2) is 75.0 Å². The molecule has 0 radical (unpaired) electrons. The van der Waals surface area contributed by atoms with Gasteiger partial charge in [-0.25, -0.2) is 9.79 Å². The van der Waals surface area contributed by atoms with Crippen LogP contribution in [0.3, 0.4) is 0 Å². The van der Waals surface area contributed by atoms with E-state index in [1.807, 2.05) is 54.1 Å². The van der Waals surface area contributed by atoms with E-state index in [9.17, 15) is 14.7 Å². The number of likely N-dealkylation sites (N-methyl/N-ethyl adjacent to an activating group) is 1. The van der Waals surface area contributed by atoms with Crippen LogP contribution in [0.4, 0.5) is 4.79 Å². The van der Waals surface area contributed by atoms with Crippen molar-refractivity contribution in [3.63, 3.8) is 0 Å². The first-order valence-corrected chi connectivity index (χ1v) is 8.99. The third-order valence-corrected chi connectivity index (χ3v) is 5.42. The first-order valence-electron chi connectivity index (χ1n) is 8.99. The van der Waals surface area contributed by atoms with Crippen LogP contribution in [0.25, 0.3) is 0 Å². The molecule has 0 bridgehead atoms. The van der Waals surface area contributed by atoms with Crippen molar-refractivity contribution in [1.82, 2.24) is 19.6 Å². The Morgan fingerprint density at radius 1 is 1.15 bits per heavy atom. The summed E-state index contributed by atoms with van der Waals surface area (Å²) in [6.07, 6.45) is 1.31. The number of aliphatic hydroxyl groups is 1. The fraction of sp³-hybridized carbons (Fsp3) is 0.421. The van der Waals surface area contributed by atoms with E-state index in [1.165, 1.54) is 9.80 Å².